The van der Waals surface area contributed by atoms with E-state index in [4.69, 9.17) is 9.84 Å². The van der Waals surface area contributed by atoms with Crippen LogP contribution in [0.3, 0.4) is 0 Å². The molecule has 0 aliphatic carbocycles. The Balaban J connectivity index is 3.91. The Morgan fingerprint density at radius 2 is 1.82 bits per heavy atom. The van der Waals surface area contributed by atoms with E-state index in [0.717, 1.165) is 32.1 Å². The van der Waals surface area contributed by atoms with Gasteiger partial charge in [-0.3, -0.25) is 0 Å². The summed E-state index contributed by atoms with van der Waals surface area (Å²) in [5.74, 6) is -0.229. The van der Waals surface area contributed by atoms with E-state index in [1.165, 1.54) is 0 Å². The van der Waals surface area contributed by atoms with Gasteiger partial charge in [-0.1, -0.05) is 18.9 Å². The van der Waals surface area contributed by atoms with Crippen LogP contribution in [0.5, 0.6) is 0 Å². The monoisotopic (exact) mass is 242 g/mol. The molecule has 0 rings (SSSR count). The zero-order valence-electron chi connectivity index (χ0n) is 11.6. The zero-order chi connectivity index (χ0) is 13.3. The van der Waals surface area contributed by atoms with E-state index in [1.807, 2.05) is 20.8 Å². The number of hydrogen-bond acceptors (Lipinski definition) is 3. The van der Waals surface area contributed by atoms with E-state index in [9.17, 15) is 4.79 Å². The number of carbonyl (C=O) groups is 1. The van der Waals surface area contributed by atoms with Crippen LogP contribution < -0.4 is 0 Å². The Kier molecular flexibility index (Phi) is 7.88. The van der Waals surface area contributed by atoms with Crippen molar-refractivity contribution < 1.29 is 14.6 Å². The smallest absolute Gasteiger partial charge is 0.333 e. The molecular weight excluding hydrogens is 216 g/mol. The summed E-state index contributed by atoms with van der Waals surface area (Å²) in [6, 6.07) is 0. The highest BCUT2D eigenvalue weighted by Crippen LogP contribution is 2.20. The molecule has 0 spiro atoms. The minimum absolute atomic E-state index is 0.229. The molecule has 0 radical (unpaired) electrons. The van der Waals surface area contributed by atoms with Gasteiger partial charge in [0.15, 0.2) is 0 Å². The zero-order valence-corrected chi connectivity index (χ0v) is 11.6. The lowest BCUT2D eigenvalue weighted by Crippen LogP contribution is -2.28. The van der Waals surface area contributed by atoms with Gasteiger partial charge in [0.2, 0.25) is 0 Å². The summed E-state index contributed by atoms with van der Waals surface area (Å²) < 4.78 is 5.44. The van der Waals surface area contributed by atoms with Crippen molar-refractivity contribution in [1.82, 2.24) is 0 Å². The molecule has 0 atom stereocenters. The van der Waals surface area contributed by atoms with Gasteiger partial charge >= 0.3 is 5.97 Å². The Morgan fingerprint density at radius 3 is 2.35 bits per heavy atom. The fourth-order valence-corrected chi connectivity index (χ4v) is 1.52. The predicted molar refractivity (Wildman–Crippen MR) is 69.8 cm³/mol. The molecule has 0 fully saturated rings. The van der Waals surface area contributed by atoms with Crippen molar-refractivity contribution in [2.75, 3.05) is 6.61 Å². The number of aliphatic hydroxyl groups is 1. The number of aliphatic hydroxyl groups excluding tert-OH is 1. The van der Waals surface area contributed by atoms with Gasteiger partial charge < -0.3 is 9.84 Å². The summed E-state index contributed by atoms with van der Waals surface area (Å²) in [4.78, 5) is 11.6. The summed E-state index contributed by atoms with van der Waals surface area (Å²) in [6.45, 7) is 7.75. The van der Waals surface area contributed by atoms with E-state index >= 15 is 0 Å². The minimum atomic E-state index is -0.402. The molecule has 0 unspecified atom stereocenters. The second-order valence-corrected chi connectivity index (χ2v) is 5.01. The van der Waals surface area contributed by atoms with Crippen LogP contribution in [0.2, 0.25) is 0 Å². The van der Waals surface area contributed by atoms with Crippen molar-refractivity contribution in [3.05, 3.63) is 11.6 Å². The van der Waals surface area contributed by atoms with Gasteiger partial charge in [0.25, 0.3) is 0 Å². The van der Waals surface area contributed by atoms with Crippen molar-refractivity contribution in [3.8, 4) is 0 Å². The lowest BCUT2D eigenvalue weighted by Gasteiger charge is -2.25. The van der Waals surface area contributed by atoms with Gasteiger partial charge in [-0.15, -0.1) is 0 Å². The Bertz CT molecular complexity index is 254. The summed E-state index contributed by atoms with van der Waals surface area (Å²) in [7, 11) is 0. The third-order valence-corrected chi connectivity index (χ3v) is 2.81. The molecule has 0 aromatic carbocycles. The number of carbonyl (C=O) groups excluding carboxylic acids is 1. The van der Waals surface area contributed by atoms with Crippen LogP contribution in [-0.2, 0) is 9.53 Å². The molecule has 0 saturated heterocycles. The van der Waals surface area contributed by atoms with Crippen LogP contribution in [0.4, 0.5) is 0 Å². The Morgan fingerprint density at radius 1 is 1.24 bits per heavy atom. The van der Waals surface area contributed by atoms with Crippen LogP contribution >= 0.6 is 0 Å². The van der Waals surface area contributed by atoms with Gasteiger partial charge in [-0.25, -0.2) is 4.79 Å². The van der Waals surface area contributed by atoms with E-state index < -0.39 is 5.60 Å². The molecule has 0 saturated carbocycles. The number of allylic oxidation sites excluding steroid dienone is 1. The molecular formula is C14H26O3. The van der Waals surface area contributed by atoms with Gasteiger partial charge in [0.1, 0.15) is 5.60 Å². The van der Waals surface area contributed by atoms with Crippen LogP contribution in [0.1, 0.15) is 59.8 Å². The lowest BCUT2D eigenvalue weighted by molar-refractivity contribution is -0.152. The molecule has 0 aliphatic rings. The van der Waals surface area contributed by atoms with E-state index in [1.54, 1.807) is 13.0 Å². The highest BCUT2D eigenvalue weighted by atomic mass is 16.6. The fraction of sp³-hybridized carbons (Fsp3) is 0.786. The minimum Gasteiger partial charge on any atom is -0.456 e. The molecule has 0 aliphatic heterocycles. The highest BCUT2D eigenvalue weighted by molar-refractivity contribution is 5.87. The topological polar surface area (TPSA) is 46.5 Å². The first-order valence-corrected chi connectivity index (χ1v) is 6.40. The first-order valence-electron chi connectivity index (χ1n) is 6.40. The number of unbranched alkanes of at least 4 members (excludes halogenated alkanes) is 3. The van der Waals surface area contributed by atoms with Crippen LogP contribution in [0.15, 0.2) is 11.6 Å². The maximum atomic E-state index is 11.6. The predicted octanol–water partition coefficient (Wildman–Crippen LogP) is 3.22. The lowest BCUT2D eigenvalue weighted by atomic mass is 9.99. The number of ether oxygens (including phenoxy) is 1. The van der Waals surface area contributed by atoms with E-state index in [2.05, 4.69) is 0 Å². The summed E-state index contributed by atoms with van der Waals surface area (Å²) in [6.07, 6.45) is 6.62. The summed E-state index contributed by atoms with van der Waals surface area (Å²) in [5, 5.41) is 8.66. The molecule has 0 aromatic rings. The largest absolute Gasteiger partial charge is 0.456 e. The normalized spacial score (nSPS) is 12.6. The molecule has 0 aromatic heterocycles. The molecule has 0 amide bonds. The summed E-state index contributed by atoms with van der Waals surface area (Å²) >= 11 is 0. The first kappa shape index (κ1) is 16.2. The van der Waals surface area contributed by atoms with Crippen LogP contribution in [0.25, 0.3) is 0 Å². The average Bonchev–Trinajstić information content (AvgIpc) is 2.26. The van der Waals surface area contributed by atoms with Crippen LogP contribution in [0, 0.1) is 0 Å². The number of rotatable bonds is 8. The molecule has 0 bridgehead atoms. The average molecular weight is 242 g/mol. The van der Waals surface area contributed by atoms with Gasteiger partial charge in [0.05, 0.1) is 0 Å². The Hall–Kier alpha value is -0.830. The molecule has 3 nitrogen and oxygen atoms in total. The number of esters is 1. The molecule has 100 valence electrons. The molecule has 1 N–H and O–H groups in total. The van der Waals surface area contributed by atoms with E-state index in [0.29, 0.717) is 5.57 Å². The van der Waals surface area contributed by atoms with Gasteiger partial charge in [0, 0.05) is 12.2 Å². The second-order valence-electron chi connectivity index (χ2n) is 5.01. The molecule has 17 heavy (non-hydrogen) atoms. The number of hydrogen-bond donors (Lipinski definition) is 1. The van der Waals surface area contributed by atoms with Crippen molar-refractivity contribution in [2.45, 2.75) is 65.4 Å². The fourth-order valence-electron chi connectivity index (χ4n) is 1.52. The molecule has 0 heterocycles. The second kappa shape index (κ2) is 8.29. The maximum absolute atomic E-state index is 11.6. The van der Waals surface area contributed by atoms with Crippen molar-refractivity contribution in [3.63, 3.8) is 0 Å². The van der Waals surface area contributed by atoms with Crippen molar-refractivity contribution in [1.29, 1.82) is 0 Å². The van der Waals surface area contributed by atoms with Crippen LogP contribution in [-0.4, -0.2) is 23.3 Å². The third kappa shape index (κ3) is 7.97. The quantitative estimate of drug-likeness (QED) is 0.404. The Labute approximate surface area is 105 Å². The first-order chi connectivity index (χ1) is 7.93. The van der Waals surface area contributed by atoms with E-state index in [-0.39, 0.29) is 12.6 Å². The summed E-state index contributed by atoms with van der Waals surface area (Å²) in [5.41, 5.74) is 0.249. The highest BCUT2D eigenvalue weighted by Gasteiger charge is 2.22. The van der Waals surface area contributed by atoms with Gasteiger partial charge in [-0.05, 0) is 47.0 Å². The SMILES string of the molecule is CC=C(C)C(=O)OC(C)(C)CCCCCCO. The third-order valence-electron chi connectivity index (χ3n) is 2.81. The maximum Gasteiger partial charge on any atom is 0.333 e. The standard InChI is InChI=1S/C14H26O3/c1-5-12(2)13(16)17-14(3,4)10-8-6-7-9-11-15/h5,15H,6-11H2,1-4H3. The van der Waals surface area contributed by atoms with Crippen molar-refractivity contribution in [2.24, 2.45) is 0 Å². The van der Waals surface area contributed by atoms with Gasteiger partial charge in [-0.2, -0.15) is 0 Å². The van der Waals surface area contributed by atoms with Crippen molar-refractivity contribution >= 4 is 5.97 Å². The molecule has 3 heteroatoms.